The molecule has 0 radical (unpaired) electrons. The van der Waals surface area contributed by atoms with Crippen LogP contribution in [0.15, 0.2) is 0 Å². The average Bonchev–Trinajstić information content (AvgIpc) is 2.73. The Morgan fingerprint density at radius 1 is 1.27 bits per heavy atom. The molecule has 2 rings (SSSR count). The molecule has 0 aromatic heterocycles. The molecule has 1 unspecified atom stereocenters. The normalized spacial score (nSPS) is 32.5. The number of hydrogen-bond acceptors (Lipinski definition) is 2. The first-order chi connectivity index (χ1) is 5.31. The Labute approximate surface area is 69.7 Å². The van der Waals surface area contributed by atoms with E-state index in [1.807, 2.05) is 13.8 Å². The van der Waals surface area contributed by atoms with E-state index < -0.39 is 0 Å². The highest BCUT2D eigenvalue weighted by Gasteiger charge is 2.44. The molecule has 1 heterocycles. The van der Waals surface area contributed by atoms with Crippen molar-refractivity contribution in [1.29, 1.82) is 0 Å². The molecular weight excluding hydrogens is 136 g/mol. The van der Waals surface area contributed by atoms with Crippen molar-refractivity contribution < 1.29 is 0 Å². The van der Waals surface area contributed by atoms with E-state index in [0.29, 0.717) is 6.04 Å². The number of hydrogen-bond donors (Lipinski definition) is 2. The second-order valence-electron chi connectivity index (χ2n) is 3.60. The van der Waals surface area contributed by atoms with Crippen LogP contribution < -0.4 is 10.9 Å². The van der Waals surface area contributed by atoms with Crippen LogP contribution in [-0.4, -0.2) is 12.6 Å². The minimum Gasteiger partial charge on any atom is -0.257 e. The predicted octanol–water partition coefficient (Wildman–Crippen LogP) is 1.68. The van der Waals surface area contributed by atoms with Crippen LogP contribution in [-0.2, 0) is 0 Å². The first kappa shape index (κ1) is 9.01. The molecule has 66 valence electrons. The van der Waals surface area contributed by atoms with Gasteiger partial charge in [0, 0.05) is 12.6 Å². The summed E-state index contributed by atoms with van der Waals surface area (Å²) in [7, 11) is 0. The molecule has 1 atom stereocenters. The van der Waals surface area contributed by atoms with Gasteiger partial charge in [-0.05, 0) is 31.6 Å². The van der Waals surface area contributed by atoms with Gasteiger partial charge in [0.1, 0.15) is 0 Å². The Morgan fingerprint density at radius 2 is 1.91 bits per heavy atom. The summed E-state index contributed by atoms with van der Waals surface area (Å²) in [5.74, 6) is 0. The third kappa shape index (κ3) is 2.17. The second-order valence-corrected chi connectivity index (χ2v) is 3.60. The van der Waals surface area contributed by atoms with Crippen LogP contribution in [0.4, 0.5) is 0 Å². The number of nitrogens with one attached hydrogen (secondary N) is 2. The van der Waals surface area contributed by atoms with E-state index in [9.17, 15) is 0 Å². The third-order valence-electron chi connectivity index (χ3n) is 2.51. The second kappa shape index (κ2) is 3.55. The molecule has 1 saturated heterocycles. The molecule has 0 amide bonds. The zero-order valence-corrected chi connectivity index (χ0v) is 7.91. The number of rotatable bonds is 0. The fraction of sp³-hybridized carbons (Fsp3) is 1.00. The van der Waals surface area contributed by atoms with Crippen LogP contribution >= 0.6 is 0 Å². The van der Waals surface area contributed by atoms with Gasteiger partial charge in [0.15, 0.2) is 0 Å². The topological polar surface area (TPSA) is 24.1 Å². The summed E-state index contributed by atoms with van der Waals surface area (Å²) in [5.41, 5.74) is 7.19. The highest BCUT2D eigenvalue weighted by atomic mass is 15.4. The maximum absolute atomic E-state index is 3.24. The van der Waals surface area contributed by atoms with Crippen molar-refractivity contribution in [2.45, 2.75) is 46.1 Å². The van der Waals surface area contributed by atoms with Gasteiger partial charge in [-0.15, -0.1) is 0 Å². The lowest BCUT2D eigenvalue weighted by Gasteiger charge is -2.28. The van der Waals surface area contributed by atoms with Gasteiger partial charge in [-0.2, -0.15) is 0 Å². The van der Waals surface area contributed by atoms with Crippen LogP contribution in [0, 0.1) is 5.41 Å². The van der Waals surface area contributed by atoms with Gasteiger partial charge in [0.25, 0.3) is 0 Å². The lowest BCUT2D eigenvalue weighted by atomic mass is 9.96. The molecule has 0 bridgehead atoms. The van der Waals surface area contributed by atoms with Crippen LogP contribution in [0.25, 0.3) is 0 Å². The maximum Gasteiger partial charge on any atom is 0.0190 e. The largest absolute Gasteiger partial charge is 0.257 e. The molecule has 2 aliphatic rings. The van der Waals surface area contributed by atoms with Crippen molar-refractivity contribution >= 4 is 0 Å². The van der Waals surface area contributed by atoms with Gasteiger partial charge >= 0.3 is 0 Å². The summed E-state index contributed by atoms with van der Waals surface area (Å²) in [4.78, 5) is 0. The molecule has 0 aromatic carbocycles. The van der Waals surface area contributed by atoms with Crippen molar-refractivity contribution in [3.05, 3.63) is 0 Å². The average molecular weight is 156 g/mol. The molecule has 1 spiro atoms. The lowest BCUT2D eigenvalue weighted by molar-refractivity contribution is 0.260. The Balaban J connectivity index is 0.000000281. The quantitative estimate of drug-likeness (QED) is 0.557. The highest BCUT2D eigenvalue weighted by molar-refractivity contribution is 4.98. The molecule has 0 aromatic rings. The molecular formula is C9H20N2. The van der Waals surface area contributed by atoms with Gasteiger partial charge in [-0.1, -0.05) is 13.8 Å². The summed E-state index contributed by atoms with van der Waals surface area (Å²) < 4.78 is 0. The van der Waals surface area contributed by atoms with E-state index >= 15 is 0 Å². The van der Waals surface area contributed by atoms with Crippen molar-refractivity contribution in [1.82, 2.24) is 10.9 Å². The van der Waals surface area contributed by atoms with Crippen molar-refractivity contribution in [3.8, 4) is 0 Å². The minimum absolute atomic E-state index is 0.682. The fourth-order valence-electron chi connectivity index (χ4n) is 1.74. The zero-order valence-electron chi connectivity index (χ0n) is 7.91. The summed E-state index contributed by atoms with van der Waals surface area (Å²) in [6.07, 6.45) is 4.28. The molecule has 2 heteroatoms. The van der Waals surface area contributed by atoms with Gasteiger partial charge < -0.3 is 0 Å². The van der Waals surface area contributed by atoms with Gasteiger partial charge in [0.05, 0.1) is 0 Å². The first-order valence-electron chi connectivity index (χ1n) is 4.79. The van der Waals surface area contributed by atoms with E-state index in [1.54, 1.807) is 0 Å². The van der Waals surface area contributed by atoms with E-state index in [1.165, 1.54) is 25.8 Å². The molecule has 11 heavy (non-hydrogen) atoms. The van der Waals surface area contributed by atoms with Gasteiger partial charge in [-0.3, -0.25) is 10.9 Å². The smallest absolute Gasteiger partial charge is 0.0190 e. The van der Waals surface area contributed by atoms with Crippen molar-refractivity contribution in [2.24, 2.45) is 5.41 Å². The Kier molecular flexibility index (Phi) is 2.90. The zero-order chi connectivity index (χ0) is 8.32. The van der Waals surface area contributed by atoms with Gasteiger partial charge in [0.2, 0.25) is 0 Å². The summed E-state index contributed by atoms with van der Waals surface area (Å²) in [6.45, 7) is 7.43. The van der Waals surface area contributed by atoms with Crippen LogP contribution in [0.2, 0.25) is 0 Å². The predicted molar refractivity (Wildman–Crippen MR) is 48.2 cm³/mol. The lowest BCUT2D eigenvalue weighted by Crippen LogP contribution is -2.49. The summed E-state index contributed by atoms with van der Waals surface area (Å²) in [5, 5.41) is 0. The van der Waals surface area contributed by atoms with E-state index in [-0.39, 0.29) is 0 Å². The summed E-state index contributed by atoms with van der Waals surface area (Å²) in [6, 6.07) is 0.682. The standard InChI is InChI=1S/C7H14N2.C2H6/c1-6-4-7(2-3-7)5-8-9-6;1-2/h6,8-9H,2-5H2,1H3;1-2H3. The van der Waals surface area contributed by atoms with E-state index in [4.69, 9.17) is 0 Å². The first-order valence-corrected chi connectivity index (χ1v) is 4.79. The molecule has 2 N–H and O–H groups in total. The Bertz CT molecular complexity index is 119. The van der Waals surface area contributed by atoms with Crippen LogP contribution in [0.1, 0.15) is 40.0 Å². The minimum atomic E-state index is 0.682. The van der Waals surface area contributed by atoms with Crippen molar-refractivity contribution in [2.75, 3.05) is 6.54 Å². The molecule has 2 nitrogen and oxygen atoms in total. The highest BCUT2D eigenvalue weighted by Crippen LogP contribution is 2.49. The molecule has 2 fully saturated rings. The monoisotopic (exact) mass is 156 g/mol. The molecule has 1 saturated carbocycles. The summed E-state index contributed by atoms with van der Waals surface area (Å²) >= 11 is 0. The van der Waals surface area contributed by atoms with Crippen LogP contribution in [0.3, 0.4) is 0 Å². The Hall–Kier alpha value is -0.0800. The third-order valence-corrected chi connectivity index (χ3v) is 2.51. The van der Waals surface area contributed by atoms with Gasteiger partial charge in [-0.25, -0.2) is 0 Å². The van der Waals surface area contributed by atoms with E-state index in [0.717, 1.165) is 5.41 Å². The maximum atomic E-state index is 3.24. The fourth-order valence-corrected chi connectivity index (χ4v) is 1.74. The van der Waals surface area contributed by atoms with Crippen LogP contribution in [0.5, 0.6) is 0 Å². The molecule has 1 aliphatic carbocycles. The van der Waals surface area contributed by atoms with E-state index in [2.05, 4.69) is 17.8 Å². The Morgan fingerprint density at radius 3 is 2.27 bits per heavy atom. The molecule has 1 aliphatic heterocycles. The SMILES string of the molecule is CC.CC1CC2(CC2)CNN1. The number of hydrazine groups is 1. The van der Waals surface area contributed by atoms with Crippen molar-refractivity contribution in [3.63, 3.8) is 0 Å².